The van der Waals surface area contributed by atoms with Gasteiger partial charge in [0.15, 0.2) is 0 Å². The van der Waals surface area contributed by atoms with Crippen LogP contribution < -0.4 is 4.57 Å². The van der Waals surface area contributed by atoms with Gasteiger partial charge in [0.1, 0.15) is 12.4 Å². The van der Waals surface area contributed by atoms with Crippen LogP contribution in [0.4, 0.5) is 0 Å². The van der Waals surface area contributed by atoms with Crippen LogP contribution in [-0.2, 0) is 6.54 Å². The zero-order chi connectivity index (χ0) is 21.7. The van der Waals surface area contributed by atoms with Crippen molar-refractivity contribution in [3.8, 4) is 0 Å². The number of aryl methyl sites for hydroxylation is 1. The first kappa shape index (κ1) is 27.2. The van der Waals surface area contributed by atoms with Crippen molar-refractivity contribution < 1.29 is 4.57 Å². The summed E-state index contributed by atoms with van der Waals surface area (Å²) in [4.78, 5) is 3.57. The molecule has 0 aliphatic rings. The summed E-state index contributed by atoms with van der Waals surface area (Å²) in [6, 6.07) is 0. The fourth-order valence-electron chi connectivity index (χ4n) is 4.82. The number of imidazole rings is 1. The minimum absolute atomic E-state index is 0.731. The van der Waals surface area contributed by atoms with Crippen LogP contribution in [0.2, 0.25) is 0 Å². The molecule has 0 amide bonds. The van der Waals surface area contributed by atoms with Crippen molar-refractivity contribution in [3.63, 3.8) is 0 Å². The fourth-order valence-corrected chi connectivity index (χ4v) is 4.82. The molecular formula is C28H55N2+. The van der Waals surface area contributed by atoms with Crippen molar-refractivity contribution in [2.24, 2.45) is 0 Å². The van der Waals surface area contributed by atoms with E-state index in [9.17, 15) is 0 Å². The van der Waals surface area contributed by atoms with Crippen molar-refractivity contribution in [1.29, 1.82) is 0 Å². The molecule has 2 nitrogen and oxygen atoms in total. The van der Waals surface area contributed by atoms with E-state index in [0.717, 1.165) is 12.5 Å². The highest BCUT2D eigenvalue weighted by atomic mass is 15.1. The van der Waals surface area contributed by atoms with E-state index in [2.05, 4.69) is 42.7 Å². The summed E-state index contributed by atoms with van der Waals surface area (Å²) in [6.45, 7) is 7.96. The van der Waals surface area contributed by atoms with Crippen LogP contribution in [0.3, 0.4) is 0 Å². The van der Waals surface area contributed by atoms with Gasteiger partial charge in [-0.1, -0.05) is 129 Å². The third-order valence-corrected chi connectivity index (χ3v) is 6.83. The number of nitrogens with zero attached hydrogens (tertiary/aromatic N) is 1. The Bertz CT molecular complexity index is 465. The van der Waals surface area contributed by atoms with Crippen molar-refractivity contribution in [3.05, 3.63) is 18.2 Å². The average molecular weight is 420 g/mol. The maximum absolute atomic E-state index is 3.57. The smallest absolute Gasteiger partial charge is 0.247 e. The van der Waals surface area contributed by atoms with Crippen molar-refractivity contribution in [2.75, 3.05) is 0 Å². The molecule has 0 spiro atoms. The standard InChI is InChI=1S/C28H54N2/c1-4-7-9-11-12-13-14-15-16-17-18-20-22-24-27(23-21-19-10-8-5-2)28-29-25-26-30(28)6-3/h25-27H,4-24H2,1-3H3/p+1/t27-/m0/s1. The number of nitrogens with one attached hydrogen (secondary N) is 1. The number of aromatic nitrogens is 2. The van der Waals surface area contributed by atoms with Crippen LogP contribution in [0, 0.1) is 0 Å². The van der Waals surface area contributed by atoms with Crippen LogP contribution in [0.1, 0.15) is 161 Å². The number of H-pyrrole nitrogens is 1. The highest BCUT2D eigenvalue weighted by molar-refractivity contribution is 4.90. The molecule has 0 aliphatic carbocycles. The molecule has 1 N–H and O–H groups in total. The SMILES string of the molecule is CCCCCCCCCCCCCCC[C@H](CCCCCCC)c1[nH]cc[n+]1CC. The largest absolute Gasteiger partial charge is 0.257 e. The molecular weight excluding hydrogens is 364 g/mol. The molecule has 1 aromatic heterocycles. The second-order valence-electron chi connectivity index (χ2n) is 9.56. The van der Waals surface area contributed by atoms with Gasteiger partial charge >= 0.3 is 0 Å². The quantitative estimate of drug-likeness (QED) is 0.143. The summed E-state index contributed by atoms with van der Waals surface area (Å²) in [5, 5.41) is 0. The predicted octanol–water partition coefficient (Wildman–Crippen LogP) is 9.25. The first-order valence-electron chi connectivity index (χ1n) is 13.9. The van der Waals surface area contributed by atoms with Crippen molar-refractivity contribution >= 4 is 0 Å². The molecule has 176 valence electrons. The van der Waals surface area contributed by atoms with Gasteiger partial charge in [0, 0.05) is 0 Å². The highest BCUT2D eigenvalue weighted by Gasteiger charge is 2.21. The lowest BCUT2D eigenvalue weighted by Crippen LogP contribution is -2.36. The Hall–Kier alpha value is -0.790. The second kappa shape index (κ2) is 20.1. The first-order valence-corrected chi connectivity index (χ1v) is 13.9. The number of rotatable bonds is 22. The maximum Gasteiger partial charge on any atom is 0.257 e. The number of hydrogen-bond acceptors (Lipinski definition) is 0. The Morgan fingerprint density at radius 1 is 0.600 bits per heavy atom. The van der Waals surface area contributed by atoms with Gasteiger partial charge in [-0.2, -0.15) is 0 Å². The van der Waals surface area contributed by atoms with Crippen molar-refractivity contribution in [2.45, 2.75) is 162 Å². The molecule has 0 bridgehead atoms. The molecule has 0 radical (unpaired) electrons. The minimum atomic E-state index is 0.731. The molecule has 2 heteroatoms. The van der Waals surface area contributed by atoms with E-state index in [1.165, 1.54) is 134 Å². The molecule has 1 heterocycles. The summed E-state index contributed by atoms with van der Waals surface area (Å²) in [6.07, 6.45) is 32.8. The van der Waals surface area contributed by atoms with E-state index >= 15 is 0 Å². The monoisotopic (exact) mass is 419 g/mol. The van der Waals surface area contributed by atoms with Crippen LogP contribution in [0.5, 0.6) is 0 Å². The van der Waals surface area contributed by atoms with Gasteiger partial charge in [0.05, 0.1) is 12.5 Å². The summed E-state index contributed by atoms with van der Waals surface area (Å²) in [7, 11) is 0. The third kappa shape index (κ3) is 13.5. The van der Waals surface area contributed by atoms with Gasteiger partial charge in [-0.15, -0.1) is 0 Å². The third-order valence-electron chi connectivity index (χ3n) is 6.83. The van der Waals surface area contributed by atoms with Gasteiger partial charge in [0.2, 0.25) is 0 Å². The lowest BCUT2D eigenvalue weighted by Gasteiger charge is -2.14. The van der Waals surface area contributed by atoms with E-state index in [1.807, 2.05) is 0 Å². The molecule has 30 heavy (non-hydrogen) atoms. The molecule has 0 saturated carbocycles. The van der Waals surface area contributed by atoms with Crippen LogP contribution in [0.15, 0.2) is 12.4 Å². The van der Waals surface area contributed by atoms with Crippen molar-refractivity contribution in [1.82, 2.24) is 4.98 Å². The Kier molecular flexibility index (Phi) is 18.3. The van der Waals surface area contributed by atoms with Crippen LogP contribution in [-0.4, -0.2) is 4.98 Å². The summed E-state index contributed by atoms with van der Waals surface area (Å²) in [5.74, 6) is 2.21. The minimum Gasteiger partial charge on any atom is -0.247 e. The number of hydrogen-bond donors (Lipinski definition) is 1. The molecule has 0 unspecified atom stereocenters. The lowest BCUT2D eigenvalue weighted by molar-refractivity contribution is -0.701. The Balaban J connectivity index is 2.12. The van der Waals surface area contributed by atoms with Gasteiger partial charge in [0.25, 0.3) is 5.82 Å². The fraction of sp³-hybridized carbons (Fsp3) is 0.893. The summed E-state index contributed by atoms with van der Waals surface area (Å²) < 4.78 is 2.43. The highest BCUT2D eigenvalue weighted by Crippen LogP contribution is 2.26. The molecule has 0 fully saturated rings. The Morgan fingerprint density at radius 2 is 1.00 bits per heavy atom. The summed E-state index contributed by atoms with van der Waals surface area (Å²) in [5.41, 5.74) is 0. The van der Waals surface area contributed by atoms with E-state index in [4.69, 9.17) is 0 Å². The predicted molar refractivity (Wildman–Crippen MR) is 133 cm³/mol. The number of aromatic amines is 1. The average Bonchev–Trinajstić information content (AvgIpc) is 3.24. The Labute approximate surface area is 189 Å². The van der Waals surface area contributed by atoms with Gasteiger partial charge in [-0.3, -0.25) is 0 Å². The second-order valence-corrected chi connectivity index (χ2v) is 9.56. The lowest BCUT2D eigenvalue weighted by atomic mass is 9.93. The van der Waals surface area contributed by atoms with Gasteiger partial charge in [-0.05, 0) is 19.8 Å². The van der Waals surface area contributed by atoms with Crippen LogP contribution in [0.25, 0.3) is 0 Å². The molecule has 0 saturated heterocycles. The van der Waals surface area contributed by atoms with Gasteiger partial charge in [-0.25, -0.2) is 9.55 Å². The zero-order valence-corrected chi connectivity index (χ0v) is 21.0. The normalized spacial score (nSPS) is 12.5. The number of unbranched alkanes of at least 4 members (excludes halogenated alkanes) is 16. The van der Waals surface area contributed by atoms with E-state index in [-0.39, 0.29) is 0 Å². The van der Waals surface area contributed by atoms with Gasteiger partial charge < -0.3 is 0 Å². The zero-order valence-electron chi connectivity index (χ0n) is 21.0. The van der Waals surface area contributed by atoms with E-state index in [0.29, 0.717) is 0 Å². The Morgan fingerprint density at radius 3 is 1.40 bits per heavy atom. The molecule has 0 aliphatic heterocycles. The van der Waals surface area contributed by atoms with E-state index in [1.54, 1.807) is 0 Å². The van der Waals surface area contributed by atoms with Crippen LogP contribution >= 0.6 is 0 Å². The van der Waals surface area contributed by atoms with E-state index < -0.39 is 0 Å². The molecule has 1 aromatic rings. The molecule has 0 aromatic carbocycles. The molecule has 1 rings (SSSR count). The maximum atomic E-state index is 3.57. The summed E-state index contributed by atoms with van der Waals surface area (Å²) >= 11 is 0. The first-order chi connectivity index (χ1) is 14.8. The molecule has 1 atom stereocenters. The topological polar surface area (TPSA) is 19.7 Å².